The van der Waals surface area contributed by atoms with Crippen LogP contribution in [-0.2, 0) is 13.0 Å². The Kier molecular flexibility index (Phi) is 6.51. The van der Waals surface area contributed by atoms with E-state index in [4.69, 9.17) is 23.8 Å². The van der Waals surface area contributed by atoms with E-state index in [1.807, 2.05) is 6.92 Å². The van der Waals surface area contributed by atoms with Crippen molar-refractivity contribution >= 4 is 34.9 Å². The molecule has 0 bridgehead atoms. The smallest absolute Gasteiger partial charge is 0.252 e. The Labute approximate surface area is 148 Å². The number of anilines is 1. The van der Waals surface area contributed by atoms with Crippen molar-refractivity contribution in [2.24, 2.45) is 0 Å². The summed E-state index contributed by atoms with van der Waals surface area (Å²) in [5, 5.41) is 3.34. The number of H-pyrrole nitrogens is 1. The van der Waals surface area contributed by atoms with Gasteiger partial charge in [-0.3, -0.25) is 20.6 Å². The zero-order chi connectivity index (χ0) is 17.5. The minimum Gasteiger partial charge on any atom is -0.357 e. The summed E-state index contributed by atoms with van der Waals surface area (Å²) in [6.45, 7) is 2.12. The molecule has 6 nitrogen and oxygen atoms in total. The van der Waals surface area contributed by atoms with E-state index in [9.17, 15) is 9.18 Å². The van der Waals surface area contributed by atoms with Crippen LogP contribution in [0.25, 0.3) is 0 Å². The summed E-state index contributed by atoms with van der Waals surface area (Å²) in [7, 11) is 0. The molecule has 0 aliphatic heterocycles. The number of nitrogens with one attached hydrogen (secondary N) is 4. The molecule has 0 unspecified atom stereocenters. The second kappa shape index (κ2) is 8.60. The average molecular weight is 370 g/mol. The third kappa shape index (κ3) is 5.17. The Hall–Kier alpha value is -2.19. The molecule has 4 N–H and O–H groups in total. The zero-order valence-corrected chi connectivity index (χ0v) is 14.5. The van der Waals surface area contributed by atoms with E-state index in [1.165, 1.54) is 18.2 Å². The molecular weight excluding hydrogens is 353 g/mol. The first-order valence-electron chi connectivity index (χ1n) is 7.32. The molecule has 9 heteroatoms. The lowest BCUT2D eigenvalue weighted by Crippen LogP contribution is -2.39. The lowest BCUT2D eigenvalue weighted by molar-refractivity contribution is 0.606. The second-order valence-electron chi connectivity index (χ2n) is 4.97. The van der Waals surface area contributed by atoms with E-state index in [-0.39, 0.29) is 23.2 Å². The van der Waals surface area contributed by atoms with Gasteiger partial charge in [0.15, 0.2) is 5.11 Å². The van der Waals surface area contributed by atoms with Crippen LogP contribution in [0, 0.1) is 5.82 Å². The largest absolute Gasteiger partial charge is 0.357 e. The predicted octanol–water partition coefficient (Wildman–Crippen LogP) is 2.51. The average Bonchev–Trinajstić information content (AvgIpc) is 2.52. The van der Waals surface area contributed by atoms with Gasteiger partial charge in [-0.1, -0.05) is 31.0 Å². The molecule has 0 radical (unpaired) electrons. The molecule has 0 aliphatic rings. The Morgan fingerprint density at radius 1 is 1.46 bits per heavy atom. The number of aromatic amines is 1. The fraction of sp³-hybridized carbons (Fsp3) is 0.267. The highest BCUT2D eigenvalue weighted by atomic mass is 35.5. The maximum atomic E-state index is 13.7. The van der Waals surface area contributed by atoms with Crippen LogP contribution in [0.4, 0.5) is 10.3 Å². The van der Waals surface area contributed by atoms with Gasteiger partial charge in [-0.15, -0.1) is 0 Å². The van der Waals surface area contributed by atoms with Gasteiger partial charge in [-0.05, 0) is 30.8 Å². The Morgan fingerprint density at radius 2 is 2.25 bits per heavy atom. The molecule has 0 saturated heterocycles. The summed E-state index contributed by atoms with van der Waals surface area (Å²) in [6.07, 6.45) is 1.58. The van der Waals surface area contributed by atoms with Gasteiger partial charge in [-0.2, -0.15) is 0 Å². The van der Waals surface area contributed by atoms with Gasteiger partial charge in [-0.25, -0.2) is 9.37 Å². The summed E-state index contributed by atoms with van der Waals surface area (Å²) >= 11 is 11.0. The minimum atomic E-state index is -0.413. The molecule has 1 aromatic heterocycles. The van der Waals surface area contributed by atoms with E-state index in [0.29, 0.717) is 22.7 Å². The van der Waals surface area contributed by atoms with Crippen LogP contribution in [0.3, 0.4) is 0 Å². The first-order chi connectivity index (χ1) is 11.5. The van der Waals surface area contributed by atoms with Gasteiger partial charge in [0, 0.05) is 28.9 Å². The number of halogens is 2. The molecule has 128 valence electrons. The van der Waals surface area contributed by atoms with Crippen molar-refractivity contribution in [3.63, 3.8) is 0 Å². The minimum absolute atomic E-state index is 0.124. The van der Waals surface area contributed by atoms with Crippen LogP contribution in [-0.4, -0.2) is 15.1 Å². The Balaban J connectivity index is 1.91. The molecule has 24 heavy (non-hydrogen) atoms. The van der Waals surface area contributed by atoms with Gasteiger partial charge in [0.1, 0.15) is 5.82 Å². The Bertz CT molecular complexity index is 762. The predicted molar refractivity (Wildman–Crippen MR) is 96.5 cm³/mol. The third-order valence-electron chi connectivity index (χ3n) is 3.08. The molecule has 0 amide bonds. The summed E-state index contributed by atoms with van der Waals surface area (Å²) in [5.74, 6) is -0.164. The van der Waals surface area contributed by atoms with Gasteiger partial charge < -0.3 is 5.32 Å². The van der Waals surface area contributed by atoms with Crippen molar-refractivity contribution < 1.29 is 4.39 Å². The van der Waals surface area contributed by atoms with Crippen molar-refractivity contribution in [1.82, 2.24) is 20.7 Å². The highest BCUT2D eigenvalue weighted by molar-refractivity contribution is 7.80. The van der Waals surface area contributed by atoms with Crippen molar-refractivity contribution in [3.8, 4) is 0 Å². The molecule has 0 aliphatic carbocycles. The summed E-state index contributed by atoms with van der Waals surface area (Å²) < 4.78 is 13.7. The zero-order valence-electron chi connectivity index (χ0n) is 13.0. The number of rotatable bonds is 6. The number of hydrogen-bond donors (Lipinski definition) is 4. The Morgan fingerprint density at radius 3 is 2.96 bits per heavy atom. The van der Waals surface area contributed by atoms with Gasteiger partial charge >= 0.3 is 0 Å². The van der Waals surface area contributed by atoms with Gasteiger partial charge in [0.2, 0.25) is 5.95 Å². The molecule has 0 fully saturated rings. The number of aromatic nitrogens is 2. The summed E-state index contributed by atoms with van der Waals surface area (Å²) in [4.78, 5) is 18.3. The summed E-state index contributed by atoms with van der Waals surface area (Å²) in [5.41, 5.74) is 6.13. The lowest BCUT2D eigenvalue weighted by Gasteiger charge is -2.13. The first kappa shape index (κ1) is 18.2. The molecule has 1 aromatic carbocycles. The maximum absolute atomic E-state index is 13.7. The number of thiocarbonyl (C=S) groups is 1. The van der Waals surface area contributed by atoms with Crippen molar-refractivity contribution in [2.75, 3.05) is 5.43 Å². The maximum Gasteiger partial charge on any atom is 0.252 e. The monoisotopic (exact) mass is 369 g/mol. The second-order valence-corrected chi connectivity index (χ2v) is 5.78. The van der Waals surface area contributed by atoms with E-state index in [0.717, 1.165) is 6.42 Å². The SMILES string of the molecule is CCCc1cc(=O)[nH]c(NNC(=S)NCc2c(F)cccc2Cl)n1. The van der Waals surface area contributed by atoms with Crippen molar-refractivity contribution in [3.05, 3.63) is 56.7 Å². The molecule has 2 aromatic rings. The quantitative estimate of drug-likeness (QED) is 0.462. The molecule has 0 spiro atoms. The number of hydrazine groups is 1. The van der Waals surface area contributed by atoms with Crippen LogP contribution < -0.4 is 21.7 Å². The van der Waals surface area contributed by atoms with Gasteiger partial charge in [0.05, 0.1) is 0 Å². The number of benzene rings is 1. The fourth-order valence-corrected chi connectivity index (χ4v) is 2.33. The van der Waals surface area contributed by atoms with Crippen LogP contribution in [0.15, 0.2) is 29.1 Å². The van der Waals surface area contributed by atoms with Crippen molar-refractivity contribution in [1.29, 1.82) is 0 Å². The highest BCUT2D eigenvalue weighted by Gasteiger charge is 2.07. The van der Waals surface area contributed by atoms with Crippen LogP contribution in [0.1, 0.15) is 24.6 Å². The van der Waals surface area contributed by atoms with Gasteiger partial charge in [0.25, 0.3) is 5.56 Å². The standard InChI is InChI=1S/C15H17ClFN5OS/c1-2-4-9-7-13(23)20-14(19-9)21-22-15(24)18-8-10-11(16)5-3-6-12(10)17/h3,5-7H,2,4,8H2,1H3,(H2,18,22,24)(H2,19,20,21,23). The van der Waals surface area contributed by atoms with E-state index < -0.39 is 5.82 Å². The van der Waals surface area contributed by atoms with Crippen molar-refractivity contribution in [2.45, 2.75) is 26.3 Å². The molecule has 0 saturated carbocycles. The van der Waals surface area contributed by atoms with E-state index >= 15 is 0 Å². The summed E-state index contributed by atoms with van der Waals surface area (Å²) in [6, 6.07) is 5.91. The molecule has 1 heterocycles. The first-order valence-corrected chi connectivity index (χ1v) is 8.11. The highest BCUT2D eigenvalue weighted by Crippen LogP contribution is 2.18. The molecule has 0 atom stereocenters. The van der Waals surface area contributed by atoms with E-state index in [1.54, 1.807) is 6.07 Å². The topological polar surface area (TPSA) is 81.8 Å². The number of nitrogens with zero attached hydrogens (tertiary/aromatic N) is 1. The molecule has 2 rings (SSSR count). The van der Waals surface area contributed by atoms with Crippen LogP contribution in [0.2, 0.25) is 5.02 Å². The molecular formula is C15H17ClFN5OS. The number of aryl methyl sites for hydroxylation is 1. The fourth-order valence-electron chi connectivity index (χ4n) is 1.98. The number of hydrogen-bond acceptors (Lipinski definition) is 4. The lowest BCUT2D eigenvalue weighted by atomic mass is 10.2. The normalized spacial score (nSPS) is 10.3. The van der Waals surface area contributed by atoms with Crippen LogP contribution in [0.5, 0.6) is 0 Å². The van der Waals surface area contributed by atoms with Crippen LogP contribution >= 0.6 is 23.8 Å². The van der Waals surface area contributed by atoms with E-state index in [2.05, 4.69) is 26.1 Å². The third-order valence-corrected chi connectivity index (χ3v) is 3.68.